The topological polar surface area (TPSA) is 46.5 Å². The minimum Gasteiger partial charge on any atom is -0.465 e. The first-order chi connectivity index (χ1) is 5.24. The van der Waals surface area contributed by atoms with Gasteiger partial charge in [0.25, 0.3) is 0 Å². The normalized spacial score (nSPS) is 27.8. The van der Waals surface area contributed by atoms with Gasteiger partial charge in [-0.05, 0) is 0 Å². The van der Waals surface area contributed by atoms with Crippen molar-refractivity contribution in [2.24, 2.45) is 11.8 Å². The number of hydrogen-bond acceptors (Lipinski definition) is 3. The summed E-state index contributed by atoms with van der Waals surface area (Å²) in [6.07, 6.45) is 3.87. The molecular formula is C8H12O3. The largest absolute Gasteiger partial charge is 0.465 e. The van der Waals surface area contributed by atoms with E-state index in [-0.39, 0.29) is 24.4 Å². The van der Waals surface area contributed by atoms with E-state index in [0.717, 1.165) is 0 Å². The molecule has 0 amide bonds. The van der Waals surface area contributed by atoms with E-state index in [2.05, 4.69) is 0 Å². The zero-order valence-electron chi connectivity index (χ0n) is 6.49. The van der Waals surface area contributed by atoms with Gasteiger partial charge in [0.1, 0.15) is 0 Å². The second-order valence-electron chi connectivity index (χ2n) is 2.70. The van der Waals surface area contributed by atoms with Crippen LogP contribution in [0, 0.1) is 11.8 Å². The molecule has 0 saturated carbocycles. The first kappa shape index (κ1) is 8.27. The Bertz CT molecular complexity index is 174. The molecule has 0 spiro atoms. The Balaban J connectivity index is 2.19. The number of aliphatic hydroxyl groups excluding tert-OH is 1. The van der Waals surface area contributed by atoms with Crippen LogP contribution in [0.2, 0.25) is 0 Å². The van der Waals surface area contributed by atoms with Crippen LogP contribution < -0.4 is 0 Å². The lowest BCUT2D eigenvalue weighted by Gasteiger charge is -2.26. The van der Waals surface area contributed by atoms with Crippen molar-refractivity contribution in [2.45, 2.75) is 6.92 Å². The Hall–Kier alpha value is -0.830. The Labute approximate surface area is 65.7 Å². The fourth-order valence-corrected chi connectivity index (χ4v) is 1.01. The van der Waals surface area contributed by atoms with E-state index in [1.54, 1.807) is 0 Å². The third-order valence-corrected chi connectivity index (χ3v) is 1.85. The third-order valence-electron chi connectivity index (χ3n) is 1.85. The predicted molar refractivity (Wildman–Crippen MR) is 39.8 cm³/mol. The summed E-state index contributed by atoms with van der Waals surface area (Å²) in [5.41, 5.74) is 0. The maximum atomic E-state index is 10.4. The van der Waals surface area contributed by atoms with Gasteiger partial charge in [-0.15, -0.1) is 0 Å². The van der Waals surface area contributed by atoms with E-state index in [4.69, 9.17) is 9.84 Å². The predicted octanol–water partition coefficient (Wildman–Crippen LogP) is 0.344. The van der Waals surface area contributed by atoms with Crippen molar-refractivity contribution in [1.82, 2.24) is 0 Å². The first-order valence-electron chi connectivity index (χ1n) is 3.66. The zero-order chi connectivity index (χ0) is 8.27. The summed E-state index contributed by atoms with van der Waals surface area (Å²) in [4.78, 5) is 10.4. The van der Waals surface area contributed by atoms with E-state index in [1.165, 1.54) is 6.92 Å². The molecule has 1 aliphatic carbocycles. The van der Waals surface area contributed by atoms with Gasteiger partial charge < -0.3 is 9.84 Å². The van der Waals surface area contributed by atoms with Crippen LogP contribution >= 0.6 is 0 Å². The van der Waals surface area contributed by atoms with Gasteiger partial charge in [0.2, 0.25) is 0 Å². The Morgan fingerprint density at radius 3 is 2.55 bits per heavy atom. The molecule has 0 radical (unpaired) electrons. The van der Waals surface area contributed by atoms with Crippen LogP contribution in [0.15, 0.2) is 12.2 Å². The molecule has 0 aromatic rings. The second kappa shape index (κ2) is 3.53. The number of carbonyl (C=O) groups is 1. The van der Waals surface area contributed by atoms with Crippen LogP contribution in [0.25, 0.3) is 0 Å². The maximum Gasteiger partial charge on any atom is 0.302 e. The maximum absolute atomic E-state index is 10.4. The van der Waals surface area contributed by atoms with Crippen molar-refractivity contribution in [3.8, 4) is 0 Å². The summed E-state index contributed by atoms with van der Waals surface area (Å²) in [7, 11) is 0. The van der Waals surface area contributed by atoms with Crippen LogP contribution in [-0.4, -0.2) is 24.3 Å². The van der Waals surface area contributed by atoms with E-state index in [1.807, 2.05) is 12.2 Å². The van der Waals surface area contributed by atoms with E-state index < -0.39 is 0 Å². The standard InChI is InChI=1S/C8H12O3/c1-6(10)11-5-8-3-2-7(8)4-9/h2-3,7-9H,4-5H2,1H3/t7-,8+/m1/s1. The molecule has 0 saturated heterocycles. The molecule has 0 unspecified atom stereocenters. The van der Waals surface area contributed by atoms with E-state index in [9.17, 15) is 4.79 Å². The molecule has 0 heterocycles. The number of carbonyl (C=O) groups excluding carboxylic acids is 1. The first-order valence-corrected chi connectivity index (χ1v) is 3.66. The molecule has 3 heteroatoms. The molecule has 1 rings (SSSR count). The Morgan fingerprint density at radius 1 is 1.55 bits per heavy atom. The molecular weight excluding hydrogens is 144 g/mol. The lowest BCUT2D eigenvalue weighted by atomic mass is 9.83. The van der Waals surface area contributed by atoms with Crippen molar-refractivity contribution >= 4 is 5.97 Å². The van der Waals surface area contributed by atoms with Gasteiger partial charge in [-0.2, -0.15) is 0 Å². The molecule has 1 aliphatic rings. The summed E-state index contributed by atoms with van der Waals surface area (Å²) < 4.78 is 4.78. The molecule has 1 N–H and O–H groups in total. The van der Waals surface area contributed by atoms with Crippen molar-refractivity contribution in [3.63, 3.8) is 0 Å². The number of ether oxygens (including phenoxy) is 1. The molecule has 0 bridgehead atoms. The van der Waals surface area contributed by atoms with Gasteiger partial charge in [-0.3, -0.25) is 4.79 Å². The van der Waals surface area contributed by atoms with Crippen molar-refractivity contribution in [3.05, 3.63) is 12.2 Å². The molecule has 3 nitrogen and oxygen atoms in total. The van der Waals surface area contributed by atoms with Crippen LogP contribution in [0.5, 0.6) is 0 Å². The van der Waals surface area contributed by atoms with Crippen LogP contribution in [0.1, 0.15) is 6.92 Å². The van der Waals surface area contributed by atoms with Gasteiger partial charge in [0, 0.05) is 18.8 Å². The average Bonchev–Trinajstić information content (AvgIpc) is 1.86. The molecule has 0 aromatic heterocycles. The molecule has 2 atom stereocenters. The zero-order valence-corrected chi connectivity index (χ0v) is 6.49. The highest BCUT2D eigenvalue weighted by Crippen LogP contribution is 2.24. The summed E-state index contributed by atoms with van der Waals surface area (Å²) in [5.74, 6) is 0.153. The third kappa shape index (κ3) is 2.05. The SMILES string of the molecule is CC(=O)OC[C@@H]1C=C[C@@H]1CO. The number of hydrogen-bond donors (Lipinski definition) is 1. The summed E-state index contributed by atoms with van der Waals surface area (Å²) >= 11 is 0. The van der Waals surface area contributed by atoms with Gasteiger partial charge >= 0.3 is 5.97 Å². The Kier molecular flexibility index (Phi) is 2.65. The Morgan fingerprint density at radius 2 is 2.18 bits per heavy atom. The van der Waals surface area contributed by atoms with Crippen LogP contribution in [-0.2, 0) is 9.53 Å². The number of aliphatic hydroxyl groups is 1. The highest BCUT2D eigenvalue weighted by Gasteiger charge is 2.23. The van der Waals surface area contributed by atoms with Gasteiger partial charge in [-0.1, -0.05) is 12.2 Å². The highest BCUT2D eigenvalue weighted by atomic mass is 16.5. The number of rotatable bonds is 3. The lowest BCUT2D eigenvalue weighted by Crippen LogP contribution is -2.27. The molecule has 0 aliphatic heterocycles. The van der Waals surface area contributed by atoms with E-state index >= 15 is 0 Å². The smallest absolute Gasteiger partial charge is 0.302 e. The molecule has 62 valence electrons. The van der Waals surface area contributed by atoms with Crippen molar-refractivity contribution < 1.29 is 14.6 Å². The lowest BCUT2D eigenvalue weighted by molar-refractivity contribution is -0.142. The average molecular weight is 156 g/mol. The van der Waals surface area contributed by atoms with Crippen molar-refractivity contribution in [2.75, 3.05) is 13.2 Å². The van der Waals surface area contributed by atoms with Crippen LogP contribution in [0.4, 0.5) is 0 Å². The molecule has 11 heavy (non-hydrogen) atoms. The monoisotopic (exact) mass is 156 g/mol. The molecule has 0 aromatic carbocycles. The second-order valence-corrected chi connectivity index (χ2v) is 2.70. The summed E-state index contributed by atoms with van der Waals surface area (Å²) in [6.45, 7) is 1.93. The summed E-state index contributed by atoms with van der Waals surface area (Å²) in [6, 6.07) is 0. The van der Waals surface area contributed by atoms with E-state index in [0.29, 0.717) is 6.61 Å². The molecule has 0 fully saturated rings. The van der Waals surface area contributed by atoms with Gasteiger partial charge in [0.15, 0.2) is 0 Å². The van der Waals surface area contributed by atoms with Gasteiger partial charge in [0.05, 0.1) is 13.2 Å². The fourth-order valence-electron chi connectivity index (χ4n) is 1.01. The minimum absolute atomic E-state index is 0.141. The minimum atomic E-state index is -0.262. The van der Waals surface area contributed by atoms with Crippen LogP contribution in [0.3, 0.4) is 0 Å². The summed E-state index contributed by atoms with van der Waals surface area (Å²) in [5, 5.41) is 8.73. The van der Waals surface area contributed by atoms with Crippen molar-refractivity contribution in [1.29, 1.82) is 0 Å². The van der Waals surface area contributed by atoms with Gasteiger partial charge in [-0.25, -0.2) is 0 Å². The fraction of sp³-hybridized carbons (Fsp3) is 0.625. The number of esters is 1. The highest BCUT2D eigenvalue weighted by molar-refractivity contribution is 5.65. The quantitative estimate of drug-likeness (QED) is 0.473.